The van der Waals surface area contributed by atoms with Crippen molar-refractivity contribution in [2.45, 2.75) is 245 Å². The number of unbranched alkanes of at least 4 members (excludes halogenated alkanes) is 24. The summed E-state index contributed by atoms with van der Waals surface area (Å²) in [6.45, 7) is 6.35. The Bertz CT molecular complexity index is 1010. The van der Waals surface area contributed by atoms with Crippen LogP contribution in [0.15, 0.2) is 48.6 Å². The molecule has 0 aliphatic heterocycles. The molecule has 6 heteroatoms. The first kappa shape index (κ1) is 54.4. The number of hydrogen-bond donors (Lipinski definition) is 0. The van der Waals surface area contributed by atoms with Gasteiger partial charge in [0, 0.05) is 19.3 Å². The Labute approximate surface area is 352 Å². The molecule has 0 saturated carbocycles. The van der Waals surface area contributed by atoms with Crippen LogP contribution in [0.25, 0.3) is 0 Å². The highest BCUT2D eigenvalue weighted by Crippen LogP contribution is 2.15. The maximum Gasteiger partial charge on any atom is 0.306 e. The monoisotopic (exact) mass is 799 g/mol. The summed E-state index contributed by atoms with van der Waals surface area (Å²) in [6.07, 6.45) is 54.8. The lowest BCUT2D eigenvalue weighted by molar-refractivity contribution is -0.167. The van der Waals surface area contributed by atoms with Crippen LogP contribution in [0.1, 0.15) is 239 Å². The van der Waals surface area contributed by atoms with Gasteiger partial charge in [0.15, 0.2) is 6.10 Å². The number of esters is 3. The van der Waals surface area contributed by atoms with E-state index >= 15 is 0 Å². The molecule has 0 fully saturated rings. The molecule has 1 unspecified atom stereocenters. The maximum atomic E-state index is 12.5. The average molecular weight is 799 g/mol. The smallest absolute Gasteiger partial charge is 0.306 e. The van der Waals surface area contributed by atoms with Gasteiger partial charge in [0.25, 0.3) is 0 Å². The van der Waals surface area contributed by atoms with Crippen molar-refractivity contribution in [3.63, 3.8) is 0 Å². The molecule has 330 valence electrons. The molecule has 0 aromatic carbocycles. The largest absolute Gasteiger partial charge is 0.462 e. The van der Waals surface area contributed by atoms with Crippen molar-refractivity contribution in [2.75, 3.05) is 13.2 Å². The quantitative estimate of drug-likeness (QED) is 0.0265. The van der Waals surface area contributed by atoms with E-state index in [2.05, 4.69) is 69.4 Å². The highest BCUT2D eigenvalue weighted by Gasteiger charge is 2.19. The molecule has 0 radical (unpaired) electrons. The standard InChI is InChI=1S/C51H90O6/c1-4-7-10-13-14-15-16-17-18-19-20-21-22-23-24-25-26-27-28-29-30-31-32-33-34-35-36-39-41-44-50(53)56-47-48(57-51(54)45-42-38-12-9-6-3)46-55-49(52)43-40-37-11-8-5-2/h7,10,14-15,17-18,20-21,48H,4-6,8-9,11-13,16,19,22-47H2,1-3H3/b10-7-,15-14-,18-17-,21-20-. The van der Waals surface area contributed by atoms with Crippen LogP contribution >= 0.6 is 0 Å². The van der Waals surface area contributed by atoms with Gasteiger partial charge in [-0.3, -0.25) is 14.4 Å². The molecule has 0 bridgehead atoms. The molecule has 0 aliphatic carbocycles. The molecule has 0 rings (SSSR count). The van der Waals surface area contributed by atoms with Crippen LogP contribution in [0, 0.1) is 0 Å². The van der Waals surface area contributed by atoms with Gasteiger partial charge in [0.2, 0.25) is 0 Å². The molecule has 0 aromatic heterocycles. The van der Waals surface area contributed by atoms with E-state index in [9.17, 15) is 14.4 Å². The van der Waals surface area contributed by atoms with Gasteiger partial charge in [-0.2, -0.15) is 0 Å². The fourth-order valence-electron chi connectivity index (χ4n) is 6.73. The number of rotatable bonds is 43. The Morgan fingerprint density at radius 2 is 0.684 bits per heavy atom. The van der Waals surface area contributed by atoms with Gasteiger partial charge in [-0.25, -0.2) is 0 Å². The SMILES string of the molecule is CC/C=C\C/C=C\C/C=C\C/C=C\CCCCCCCCCCCCCCCCCCC(=O)OCC(COC(=O)CCCCCCC)OC(=O)CCCCCCC. The molecule has 0 N–H and O–H groups in total. The zero-order valence-electron chi connectivity index (χ0n) is 37.6. The predicted molar refractivity (Wildman–Crippen MR) is 242 cm³/mol. The maximum absolute atomic E-state index is 12.5. The summed E-state index contributed by atoms with van der Waals surface area (Å²) in [7, 11) is 0. The molecule has 0 aliphatic rings. The Hall–Kier alpha value is -2.63. The summed E-state index contributed by atoms with van der Waals surface area (Å²) in [5.41, 5.74) is 0. The zero-order chi connectivity index (χ0) is 41.5. The second-order valence-electron chi connectivity index (χ2n) is 16.0. The molecule has 0 spiro atoms. The fourth-order valence-corrected chi connectivity index (χ4v) is 6.73. The van der Waals surface area contributed by atoms with Crippen LogP contribution in [-0.4, -0.2) is 37.2 Å². The van der Waals surface area contributed by atoms with E-state index in [0.717, 1.165) is 96.3 Å². The van der Waals surface area contributed by atoms with Crippen molar-refractivity contribution in [1.29, 1.82) is 0 Å². The van der Waals surface area contributed by atoms with Crippen LogP contribution in [0.3, 0.4) is 0 Å². The second kappa shape index (κ2) is 46.1. The van der Waals surface area contributed by atoms with Crippen LogP contribution in [0.2, 0.25) is 0 Å². The van der Waals surface area contributed by atoms with Gasteiger partial charge in [-0.1, -0.05) is 211 Å². The summed E-state index contributed by atoms with van der Waals surface area (Å²) in [6, 6.07) is 0. The van der Waals surface area contributed by atoms with Gasteiger partial charge in [0.1, 0.15) is 13.2 Å². The van der Waals surface area contributed by atoms with Gasteiger partial charge in [-0.15, -0.1) is 0 Å². The normalized spacial score (nSPS) is 12.4. The van der Waals surface area contributed by atoms with E-state index in [1.54, 1.807) is 0 Å². The Morgan fingerprint density at radius 3 is 1.07 bits per heavy atom. The third-order valence-corrected chi connectivity index (χ3v) is 10.3. The van der Waals surface area contributed by atoms with E-state index < -0.39 is 6.10 Å². The first-order chi connectivity index (χ1) is 28.0. The molecule has 0 saturated heterocycles. The van der Waals surface area contributed by atoms with Crippen molar-refractivity contribution in [3.05, 3.63) is 48.6 Å². The van der Waals surface area contributed by atoms with E-state index in [0.29, 0.717) is 19.3 Å². The van der Waals surface area contributed by atoms with Crippen LogP contribution in [0.4, 0.5) is 0 Å². The summed E-state index contributed by atoms with van der Waals surface area (Å²) in [5, 5.41) is 0. The van der Waals surface area contributed by atoms with Crippen molar-refractivity contribution in [2.24, 2.45) is 0 Å². The van der Waals surface area contributed by atoms with Gasteiger partial charge in [0.05, 0.1) is 0 Å². The number of carbonyl (C=O) groups is 3. The molecule has 0 heterocycles. The zero-order valence-corrected chi connectivity index (χ0v) is 37.6. The number of allylic oxidation sites excluding steroid dienone is 8. The lowest BCUT2D eigenvalue weighted by Gasteiger charge is -2.18. The third-order valence-electron chi connectivity index (χ3n) is 10.3. The fraction of sp³-hybridized carbons (Fsp3) is 0.784. The average Bonchev–Trinajstić information content (AvgIpc) is 3.21. The molecule has 0 aromatic rings. The van der Waals surface area contributed by atoms with Crippen molar-refractivity contribution < 1.29 is 28.6 Å². The molecule has 1 atom stereocenters. The summed E-state index contributed by atoms with van der Waals surface area (Å²) in [5.74, 6) is -0.899. The molecular formula is C51H90O6. The first-order valence-electron chi connectivity index (χ1n) is 24.1. The van der Waals surface area contributed by atoms with Crippen molar-refractivity contribution in [1.82, 2.24) is 0 Å². The number of carbonyl (C=O) groups excluding carboxylic acids is 3. The molecule has 0 amide bonds. The minimum absolute atomic E-state index is 0.0715. The Morgan fingerprint density at radius 1 is 0.368 bits per heavy atom. The van der Waals surface area contributed by atoms with E-state index in [1.165, 1.54) is 103 Å². The van der Waals surface area contributed by atoms with E-state index in [-0.39, 0.29) is 31.1 Å². The second-order valence-corrected chi connectivity index (χ2v) is 16.0. The molecule has 57 heavy (non-hydrogen) atoms. The van der Waals surface area contributed by atoms with Gasteiger partial charge >= 0.3 is 17.9 Å². The van der Waals surface area contributed by atoms with Crippen LogP contribution in [-0.2, 0) is 28.6 Å². The van der Waals surface area contributed by atoms with Crippen molar-refractivity contribution >= 4 is 17.9 Å². The Kier molecular flexibility index (Phi) is 43.9. The number of hydrogen-bond acceptors (Lipinski definition) is 6. The lowest BCUT2D eigenvalue weighted by atomic mass is 10.0. The van der Waals surface area contributed by atoms with Crippen molar-refractivity contribution in [3.8, 4) is 0 Å². The third kappa shape index (κ3) is 44.3. The van der Waals surface area contributed by atoms with Gasteiger partial charge in [-0.05, 0) is 57.8 Å². The first-order valence-corrected chi connectivity index (χ1v) is 24.1. The van der Waals surface area contributed by atoms with E-state index in [4.69, 9.17) is 14.2 Å². The van der Waals surface area contributed by atoms with E-state index in [1.807, 2.05) is 0 Å². The Balaban J connectivity index is 3.81. The number of ether oxygens (including phenoxy) is 3. The minimum Gasteiger partial charge on any atom is -0.462 e. The highest BCUT2D eigenvalue weighted by atomic mass is 16.6. The minimum atomic E-state index is -0.760. The summed E-state index contributed by atoms with van der Waals surface area (Å²) >= 11 is 0. The molecular weight excluding hydrogens is 709 g/mol. The van der Waals surface area contributed by atoms with Crippen LogP contribution < -0.4 is 0 Å². The highest BCUT2D eigenvalue weighted by molar-refractivity contribution is 5.71. The van der Waals surface area contributed by atoms with Crippen LogP contribution in [0.5, 0.6) is 0 Å². The lowest BCUT2D eigenvalue weighted by Crippen LogP contribution is -2.30. The molecule has 6 nitrogen and oxygen atoms in total. The van der Waals surface area contributed by atoms with Gasteiger partial charge < -0.3 is 14.2 Å². The predicted octanol–water partition coefficient (Wildman–Crippen LogP) is 15.5. The summed E-state index contributed by atoms with van der Waals surface area (Å²) in [4.78, 5) is 37.1. The topological polar surface area (TPSA) is 78.9 Å². The summed E-state index contributed by atoms with van der Waals surface area (Å²) < 4.78 is 16.5.